The van der Waals surface area contributed by atoms with Gasteiger partial charge in [-0.3, -0.25) is 9.48 Å². The normalized spacial score (nSPS) is 20.1. The van der Waals surface area contributed by atoms with Crippen LogP contribution in [0.5, 0.6) is 0 Å². The molecule has 3 aromatic rings. The molecular formula is C15H16N8O. The number of likely N-dealkylation sites (tertiary alicyclic amines) is 1. The molecule has 24 heavy (non-hydrogen) atoms. The molecule has 0 aliphatic carbocycles. The second-order valence-corrected chi connectivity index (χ2v) is 6.17. The molecule has 5 heterocycles. The molecule has 5 rings (SSSR count). The van der Waals surface area contributed by atoms with Crippen LogP contribution in [-0.4, -0.2) is 60.0 Å². The molecule has 2 aliphatic rings. The third-order valence-corrected chi connectivity index (χ3v) is 4.72. The van der Waals surface area contributed by atoms with Crippen molar-refractivity contribution in [1.29, 1.82) is 0 Å². The number of carbonyl (C=O) groups is 1. The first-order valence-corrected chi connectivity index (χ1v) is 8.03. The fourth-order valence-electron chi connectivity index (χ4n) is 3.29. The lowest BCUT2D eigenvalue weighted by Crippen LogP contribution is -2.51. The number of amides is 1. The van der Waals surface area contributed by atoms with Gasteiger partial charge in [0.25, 0.3) is 0 Å². The Morgan fingerprint density at radius 3 is 2.96 bits per heavy atom. The van der Waals surface area contributed by atoms with Crippen molar-refractivity contribution in [3.8, 4) is 0 Å². The van der Waals surface area contributed by atoms with E-state index in [1.54, 1.807) is 17.0 Å². The summed E-state index contributed by atoms with van der Waals surface area (Å²) < 4.78 is 3.50. The van der Waals surface area contributed by atoms with E-state index in [1.807, 2.05) is 27.8 Å². The lowest BCUT2D eigenvalue weighted by molar-refractivity contribution is -0.138. The Hall–Kier alpha value is -2.97. The van der Waals surface area contributed by atoms with Crippen LogP contribution >= 0.6 is 0 Å². The fourth-order valence-corrected chi connectivity index (χ4v) is 3.29. The van der Waals surface area contributed by atoms with Gasteiger partial charge in [0.15, 0.2) is 5.65 Å². The molecule has 1 saturated heterocycles. The number of hydrogen-bond donors (Lipinski definition) is 0. The molecular weight excluding hydrogens is 308 g/mol. The standard InChI is InChI=1S/C15H16N8O/c24-15(20-6-1-7-20)12-9-21(8-11-4-5-17-23(11)12)14-3-2-13-18-16-10-22(13)19-14/h2-5,10,12H,1,6-9H2. The van der Waals surface area contributed by atoms with Crippen molar-refractivity contribution in [3.63, 3.8) is 0 Å². The lowest BCUT2D eigenvalue weighted by atomic mass is 10.1. The molecule has 1 fully saturated rings. The number of hydrogen-bond acceptors (Lipinski definition) is 6. The minimum absolute atomic E-state index is 0.140. The van der Waals surface area contributed by atoms with Gasteiger partial charge in [-0.15, -0.1) is 15.3 Å². The quantitative estimate of drug-likeness (QED) is 0.665. The lowest BCUT2D eigenvalue weighted by Gasteiger charge is -2.39. The van der Waals surface area contributed by atoms with E-state index in [-0.39, 0.29) is 11.9 Å². The zero-order valence-corrected chi connectivity index (χ0v) is 13.0. The van der Waals surface area contributed by atoms with E-state index in [2.05, 4.69) is 25.3 Å². The number of nitrogens with zero attached hydrogens (tertiary/aromatic N) is 8. The zero-order valence-electron chi connectivity index (χ0n) is 13.0. The van der Waals surface area contributed by atoms with Crippen LogP contribution in [0.15, 0.2) is 30.7 Å². The highest BCUT2D eigenvalue weighted by Gasteiger charge is 2.35. The van der Waals surface area contributed by atoms with Crippen LogP contribution < -0.4 is 4.90 Å². The van der Waals surface area contributed by atoms with Gasteiger partial charge >= 0.3 is 0 Å². The topological polar surface area (TPSA) is 84.5 Å². The molecule has 0 saturated carbocycles. The molecule has 122 valence electrons. The second kappa shape index (κ2) is 5.02. The summed E-state index contributed by atoms with van der Waals surface area (Å²) in [7, 11) is 0. The van der Waals surface area contributed by atoms with Crippen LogP contribution in [0, 0.1) is 0 Å². The largest absolute Gasteiger partial charge is 0.347 e. The number of aromatic nitrogens is 6. The highest BCUT2D eigenvalue weighted by molar-refractivity contribution is 5.82. The molecule has 9 heteroatoms. The van der Waals surface area contributed by atoms with Gasteiger partial charge in [0.2, 0.25) is 5.91 Å². The molecule has 2 aliphatic heterocycles. The zero-order chi connectivity index (χ0) is 16.1. The molecule has 1 unspecified atom stereocenters. The summed E-state index contributed by atoms with van der Waals surface area (Å²) in [5.41, 5.74) is 1.72. The molecule has 0 aromatic carbocycles. The summed E-state index contributed by atoms with van der Waals surface area (Å²) in [5.74, 6) is 0.942. The molecule has 3 aromatic heterocycles. The summed E-state index contributed by atoms with van der Waals surface area (Å²) in [6.45, 7) is 2.92. The molecule has 9 nitrogen and oxygen atoms in total. The van der Waals surface area contributed by atoms with Crippen LogP contribution in [0.25, 0.3) is 5.65 Å². The third-order valence-electron chi connectivity index (χ3n) is 4.72. The monoisotopic (exact) mass is 324 g/mol. The average molecular weight is 324 g/mol. The third kappa shape index (κ3) is 1.97. The maximum atomic E-state index is 12.8. The van der Waals surface area contributed by atoms with E-state index in [0.29, 0.717) is 18.7 Å². The van der Waals surface area contributed by atoms with E-state index in [0.717, 1.165) is 31.0 Å². The fraction of sp³-hybridized carbons (Fsp3) is 0.400. The van der Waals surface area contributed by atoms with Gasteiger partial charge in [-0.05, 0) is 24.6 Å². The Morgan fingerprint density at radius 1 is 1.21 bits per heavy atom. The van der Waals surface area contributed by atoms with E-state index < -0.39 is 0 Å². The van der Waals surface area contributed by atoms with Crippen LogP contribution in [0.3, 0.4) is 0 Å². The minimum Gasteiger partial charge on any atom is -0.347 e. The second-order valence-electron chi connectivity index (χ2n) is 6.17. The van der Waals surface area contributed by atoms with E-state index >= 15 is 0 Å². The van der Waals surface area contributed by atoms with Gasteiger partial charge in [-0.25, -0.2) is 0 Å². The molecule has 0 bridgehead atoms. The molecule has 0 spiro atoms. The van der Waals surface area contributed by atoms with Gasteiger partial charge in [0.1, 0.15) is 18.2 Å². The highest BCUT2D eigenvalue weighted by atomic mass is 16.2. The Kier molecular flexibility index (Phi) is 2.81. The maximum absolute atomic E-state index is 12.8. The first kappa shape index (κ1) is 13.5. The summed E-state index contributed by atoms with van der Waals surface area (Å²) >= 11 is 0. The van der Waals surface area contributed by atoms with E-state index in [4.69, 9.17) is 0 Å². The highest BCUT2D eigenvalue weighted by Crippen LogP contribution is 2.27. The first-order valence-electron chi connectivity index (χ1n) is 8.03. The Bertz CT molecular complexity index is 911. The van der Waals surface area contributed by atoms with Crippen molar-refractivity contribution in [2.24, 2.45) is 0 Å². The van der Waals surface area contributed by atoms with Gasteiger partial charge in [0, 0.05) is 19.3 Å². The Balaban J connectivity index is 1.50. The number of carbonyl (C=O) groups excluding carboxylic acids is 1. The van der Waals surface area contributed by atoms with Crippen molar-refractivity contribution in [2.75, 3.05) is 24.5 Å². The maximum Gasteiger partial charge on any atom is 0.249 e. The van der Waals surface area contributed by atoms with E-state index in [9.17, 15) is 4.79 Å². The molecule has 0 radical (unpaired) electrons. The molecule has 0 N–H and O–H groups in total. The smallest absolute Gasteiger partial charge is 0.249 e. The van der Waals surface area contributed by atoms with Gasteiger partial charge in [-0.1, -0.05) is 0 Å². The SMILES string of the molecule is O=C(C1CN(c2ccc3nncn3n2)Cc2ccnn21)N1CCC1. The first-order chi connectivity index (χ1) is 11.8. The predicted octanol–water partition coefficient (Wildman–Crippen LogP) is 0.114. The van der Waals surface area contributed by atoms with Gasteiger partial charge in [0.05, 0.1) is 18.8 Å². The average Bonchev–Trinajstić information content (AvgIpc) is 3.20. The van der Waals surface area contributed by atoms with Gasteiger partial charge in [-0.2, -0.15) is 9.61 Å². The Labute approximate surface area is 137 Å². The van der Waals surface area contributed by atoms with Crippen molar-refractivity contribution in [1.82, 2.24) is 34.5 Å². The van der Waals surface area contributed by atoms with Gasteiger partial charge < -0.3 is 9.80 Å². The molecule has 1 atom stereocenters. The number of anilines is 1. The number of rotatable bonds is 2. The summed E-state index contributed by atoms with van der Waals surface area (Å²) in [5, 5.41) is 16.8. The number of fused-ring (bicyclic) bond motifs is 2. The summed E-state index contributed by atoms with van der Waals surface area (Å²) in [6.07, 6.45) is 4.42. The minimum atomic E-state index is -0.303. The molecule has 1 amide bonds. The van der Waals surface area contributed by atoms with Crippen LogP contribution in [0.1, 0.15) is 18.2 Å². The summed E-state index contributed by atoms with van der Waals surface area (Å²) in [6, 6.07) is 5.46. The van der Waals surface area contributed by atoms with Crippen LogP contribution in [-0.2, 0) is 11.3 Å². The van der Waals surface area contributed by atoms with Crippen molar-refractivity contribution in [3.05, 3.63) is 36.4 Å². The van der Waals surface area contributed by atoms with E-state index in [1.165, 1.54) is 0 Å². The van der Waals surface area contributed by atoms with Crippen LogP contribution in [0.2, 0.25) is 0 Å². The van der Waals surface area contributed by atoms with Crippen LogP contribution in [0.4, 0.5) is 5.82 Å². The predicted molar refractivity (Wildman–Crippen MR) is 84.3 cm³/mol. The summed E-state index contributed by atoms with van der Waals surface area (Å²) in [4.78, 5) is 16.8. The van der Waals surface area contributed by atoms with Crippen molar-refractivity contribution in [2.45, 2.75) is 19.0 Å². The van der Waals surface area contributed by atoms with Crippen molar-refractivity contribution < 1.29 is 4.79 Å². The van der Waals surface area contributed by atoms with Crippen molar-refractivity contribution >= 4 is 17.4 Å². The Morgan fingerprint density at radius 2 is 2.12 bits per heavy atom.